The average Bonchev–Trinajstić information content (AvgIpc) is 3.01. The van der Waals surface area contributed by atoms with Crippen LogP contribution >= 0.6 is 0 Å². The molecule has 0 saturated carbocycles. The maximum absolute atomic E-state index is 13.5. The molecule has 6 nitrogen and oxygen atoms in total. The van der Waals surface area contributed by atoms with Crippen molar-refractivity contribution in [2.45, 2.75) is 20.3 Å². The zero-order valence-electron chi connectivity index (χ0n) is 15.4. The molecule has 1 saturated heterocycles. The molecule has 0 radical (unpaired) electrons. The third-order valence-electron chi connectivity index (χ3n) is 4.45. The van der Waals surface area contributed by atoms with Gasteiger partial charge in [0.2, 0.25) is 17.7 Å². The van der Waals surface area contributed by atoms with Gasteiger partial charge < -0.3 is 15.5 Å². The summed E-state index contributed by atoms with van der Waals surface area (Å²) in [5.74, 6) is -3.74. The molecule has 146 valence electrons. The van der Waals surface area contributed by atoms with E-state index < -0.39 is 23.5 Å². The van der Waals surface area contributed by atoms with Gasteiger partial charge in [-0.15, -0.1) is 0 Å². The molecule has 28 heavy (non-hydrogen) atoms. The lowest BCUT2D eigenvalue weighted by Gasteiger charge is -2.17. The molecule has 1 aliphatic rings. The van der Waals surface area contributed by atoms with E-state index in [1.54, 1.807) is 18.2 Å². The predicted molar refractivity (Wildman–Crippen MR) is 101 cm³/mol. The van der Waals surface area contributed by atoms with Crippen LogP contribution in [0.2, 0.25) is 0 Å². The molecule has 3 rings (SSSR count). The Morgan fingerprint density at radius 3 is 2.46 bits per heavy atom. The Kier molecular flexibility index (Phi) is 5.39. The second kappa shape index (κ2) is 7.75. The van der Waals surface area contributed by atoms with Crippen LogP contribution in [0.4, 0.5) is 25.8 Å². The maximum atomic E-state index is 13.5. The first-order valence-electron chi connectivity index (χ1n) is 8.69. The molecule has 0 spiro atoms. The molecule has 3 amide bonds. The van der Waals surface area contributed by atoms with Crippen LogP contribution in [0.5, 0.6) is 0 Å². The van der Waals surface area contributed by atoms with E-state index in [0.717, 1.165) is 17.7 Å². The summed E-state index contributed by atoms with van der Waals surface area (Å²) in [6.45, 7) is 3.26. The van der Waals surface area contributed by atoms with Gasteiger partial charge in [-0.2, -0.15) is 0 Å². The number of nitrogens with zero attached hydrogens (tertiary/aromatic N) is 1. The van der Waals surface area contributed by atoms with Gasteiger partial charge in [0.05, 0.1) is 17.3 Å². The Hall–Kier alpha value is -3.29. The molecule has 2 aromatic rings. The highest BCUT2D eigenvalue weighted by Crippen LogP contribution is 2.29. The fourth-order valence-electron chi connectivity index (χ4n) is 3.08. The van der Waals surface area contributed by atoms with Crippen molar-refractivity contribution in [2.75, 3.05) is 22.1 Å². The summed E-state index contributed by atoms with van der Waals surface area (Å²) in [5, 5.41) is 5.39. The number of nitrogens with one attached hydrogen (secondary N) is 2. The Morgan fingerprint density at radius 2 is 1.79 bits per heavy atom. The molecule has 1 heterocycles. The van der Waals surface area contributed by atoms with E-state index in [9.17, 15) is 23.2 Å². The summed E-state index contributed by atoms with van der Waals surface area (Å²) in [4.78, 5) is 37.6. The van der Waals surface area contributed by atoms with E-state index in [4.69, 9.17) is 0 Å². The average molecular weight is 387 g/mol. The van der Waals surface area contributed by atoms with Gasteiger partial charge in [-0.05, 0) is 36.8 Å². The summed E-state index contributed by atoms with van der Waals surface area (Å²) in [5.41, 5.74) is 1.97. The number of carbonyl (C=O) groups excluding carboxylic acids is 3. The van der Waals surface area contributed by atoms with Gasteiger partial charge in [-0.1, -0.05) is 6.07 Å². The molecule has 2 aromatic carbocycles. The molecule has 1 atom stereocenters. The van der Waals surface area contributed by atoms with Gasteiger partial charge in [0.25, 0.3) is 0 Å². The van der Waals surface area contributed by atoms with Crippen LogP contribution in [0.1, 0.15) is 18.9 Å². The lowest BCUT2D eigenvalue weighted by molar-refractivity contribution is -0.122. The molecule has 0 aromatic heterocycles. The van der Waals surface area contributed by atoms with Crippen LogP contribution in [0.3, 0.4) is 0 Å². The van der Waals surface area contributed by atoms with Crippen molar-refractivity contribution in [1.82, 2.24) is 0 Å². The predicted octanol–water partition coefficient (Wildman–Crippen LogP) is 3.22. The van der Waals surface area contributed by atoms with E-state index in [-0.39, 0.29) is 30.5 Å². The minimum absolute atomic E-state index is 0.0495. The maximum Gasteiger partial charge on any atom is 0.229 e. The molecular weight excluding hydrogens is 368 g/mol. The normalized spacial score (nSPS) is 16.2. The summed E-state index contributed by atoms with van der Waals surface area (Å²) in [6.07, 6.45) is -0.0495. The number of carbonyl (C=O) groups is 3. The monoisotopic (exact) mass is 387 g/mol. The van der Waals surface area contributed by atoms with Gasteiger partial charge >= 0.3 is 0 Å². The molecular formula is C20H19F2N3O3. The van der Waals surface area contributed by atoms with Crippen molar-refractivity contribution in [1.29, 1.82) is 0 Å². The third-order valence-corrected chi connectivity index (χ3v) is 4.45. The minimum atomic E-state index is -1.06. The van der Waals surface area contributed by atoms with Crippen molar-refractivity contribution in [2.24, 2.45) is 5.92 Å². The zero-order valence-corrected chi connectivity index (χ0v) is 15.4. The smallest absolute Gasteiger partial charge is 0.229 e. The summed E-state index contributed by atoms with van der Waals surface area (Å²) >= 11 is 0. The fraction of sp³-hybridized carbons (Fsp3) is 0.250. The number of benzene rings is 2. The van der Waals surface area contributed by atoms with Gasteiger partial charge in [-0.25, -0.2) is 8.78 Å². The standard InChI is InChI=1S/C20H19F2N3O3/c1-11-3-6-17(23-12(2)26)18(7-11)24-20(28)13-8-19(27)25(10-13)14-4-5-15(21)16(22)9-14/h3-7,9,13H,8,10H2,1-2H3,(H,23,26)(H,24,28). The Balaban J connectivity index is 1.76. The van der Waals surface area contributed by atoms with Crippen LogP contribution in [0.15, 0.2) is 36.4 Å². The number of hydrogen-bond donors (Lipinski definition) is 2. The topological polar surface area (TPSA) is 78.5 Å². The number of rotatable bonds is 4. The minimum Gasteiger partial charge on any atom is -0.325 e. The van der Waals surface area contributed by atoms with Crippen molar-refractivity contribution < 1.29 is 23.2 Å². The number of halogens is 2. The first-order valence-corrected chi connectivity index (χ1v) is 8.69. The van der Waals surface area contributed by atoms with Crippen LogP contribution < -0.4 is 15.5 Å². The molecule has 2 N–H and O–H groups in total. The van der Waals surface area contributed by atoms with E-state index in [2.05, 4.69) is 10.6 Å². The van der Waals surface area contributed by atoms with Crippen LogP contribution in [-0.4, -0.2) is 24.3 Å². The second-order valence-electron chi connectivity index (χ2n) is 6.72. The van der Waals surface area contributed by atoms with E-state index in [1.165, 1.54) is 17.9 Å². The van der Waals surface area contributed by atoms with E-state index in [1.807, 2.05) is 6.92 Å². The SMILES string of the molecule is CC(=O)Nc1ccc(C)cc1NC(=O)C1CC(=O)N(c2ccc(F)c(F)c2)C1. The van der Waals surface area contributed by atoms with Crippen molar-refractivity contribution in [3.63, 3.8) is 0 Å². The van der Waals surface area contributed by atoms with Gasteiger partial charge in [0, 0.05) is 31.6 Å². The molecule has 8 heteroatoms. The van der Waals surface area contributed by atoms with Crippen LogP contribution in [0, 0.1) is 24.5 Å². The highest BCUT2D eigenvalue weighted by Gasteiger charge is 2.35. The molecule has 1 fully saturated rings. The fourth-order valence-corrected chi connectivity index (χ4v) is 3.08. The quantitative estimate of drug-likeness (QED) is 0.846. The van der Waals surface area contributed by atoms with Crippen LogP contribution in [0.25, 0.3) is 0 Å². The van der Waals surface area contributed by atoms with E-state index in [0.29, 0.717) is 11.4 Å². The Morgan fingerprint density at radius 1 is 1.04 bits per heavy atom. The van der Waals surface area contributed by atoms with Gasteiger partial charge in [-0.3, -0.25) is 14.4 Å². The lowest BCUT2D eigenvalue weighted by atomic mass is 10.1. The van der Waals surface area contributed by atoms with Crippen molar-refractivity contribution >= 4 is 34.8 Å². The molecule has 0 aliphatic carbocycles. The molecule has 1 aliphatic heterocycles. The lowest BCUT2D eigenvalue weighted by Crippen LogP contribution is -2.28. The zero-order chi connectivity index (χ0) is 20.4. The van der Waals surface area contributed by atoms with Crippen molar-refractivity contribution in [3.8, 4) is 0 Å². The summed E-state index contributed by atoms with van der Waals surface area (Å²) in [7, 11) is 0. The third kappa shape index (κ3) is 4.16. The molecule has 0 bridgehead atoms. The Bertz CT molecular complexity index is 962. The molecule has 1 unspecified atom stereocenters. The summed E-state index contributed by atoms with van der Waals surface area (Å²) < 4.78 is 26.6. The first-order chi connectivity index (χ1) is 13.2. The Labute approximate surface area is 160 Å². The largest absolute Gasteiger partial charge is 0.325 e. The second-order valence-corrected chi connectivity index (χ2v) is 6.72. The highest BCUT2D eigenvalue weighted by molar-refractivity contribution is 6.05. The number of hydrogen-bond acceptors (Lipinski definition) is 3. The van der Waals surface area contributed by atoms with Gasteiger partial charge in [0.15, 0.2) is 11.6 Å². The van der Waals surface area contributed by atoms with E-state index >= 15 is 0 Å². The highest BCUT2D eigenvalue weighted by atomic mass is 19.2. The first kappa shape index (κ1) is 19.5. The van der Waals surface area contributed by atoms with Crippen molar-refractivity contribution in [3.05, 3.63) is 53.6 Å². The summed E-state index contributed by atoms with van der Waals surface area (Å²) in [6, 6.07) is 8.37. The van der Waals surface area contributed by atoms with Gasteiger partial charge in [0.1, 0.15) is 0 Å². The number of amides is 3. The number of anilines is 3. The van der Waals surface area contributed by atoms with Crippen LogP contribution in [-0.2, 0) is 14.4 Å². The number of aryl methyl sites for hydroxylation is 1.